The van der Waals surface area contributed by atoms with Gasteiger partial charge < -0.3 is 0 Å². The smallest absolute Gasteiger partial charge is 0.264 e. The second-order valence-electron chi connectivity index (χ2n) is 8.29. The number of hydrogen-bond donors (Lipinski definition) is 0. The van der Waals surface area contributed by atoms with E-state index in [1.807, 2.05) is 12.1 Å². The third-order valence-corrected chi connectivity index (χ3v) is 6.42. The molecule has 0 aliphatic heterocycles. The minimum Gasteiger partial charge on any atom is -0.268 e. The fraction of sp³-hybridized carbons (Fsp3) is 0. The van der Waals surface area contributed by atoms with E-state index in [-0.39, 0.29) is 22.4 Å². The molecule has 0 aliphatic carbocycles. The Hall–Kier alpha value is -4.86. The Morgan fingerprint density at radius 3 is 1.44 bits per heavy atom. The van der Waals surface area contributed by atoms with Crippen molar-refractivity contribution in [2.75, 3.05) is 0 Å². The quantitative estimate of drug-likeness (QED) is 0.352. The van der Waals surface area contributed by atoms with Crippen LogP contribution in [0.5, 0.6) is 0 Å². The molecule has 0 unspecified atom stereocenters. The molecule has 0 bridgehead atoms. The summed E-state index contributed by atoms with van der Waals surface area (Å²) in [5.41, 5.74) is 1.25. The molecule has 0 spiro atoms. The summed E-state index contributed by atoms with van der Waals surface area (Å²) in [4.78, 5) is 43.2. The fourth-order valence-corrected chi connectivity index (χ4v) is 4.96. The van der Waals surface area contributed by atoms with Crippen molar-refractivity contribution >= 4 is 65.9 Å². The summed E-state index contributed by atoms with van der Waals surface area (Å²) in [7, 11) is 0. The van der Waals surface area contributed by atoms with Gasteiger partial charge in [0.05, 0.1) is 34.2 Å². The highest BCUT2D eigenvalue weighted by Gasteiger charge is 2.20. The molecule has 160 valence electrons. The number of halogens is 2. The van der Waals surface area contributed by atoms with Crippen LogP contribution in [0.4, 0.5) is 8.78 Å². The highest BCUT2D eigenvalue weighted by atomic mass is 19.1. The third-order valence-electron chi connectivity index (χ3n) is 6.42. The first-order valence-electron chi connectivity index (χ1n) is 10.3. The molecule has 0 saturated carbocycles. The van der Waals surface area contributed by atoms with Crippen LogP contribution in [0.2, 0.25) is 0 Å². The van der Waals surface area contributed by atoms with E-state index in [4.69, 9.17) is 0 Å². The molecular weight excluding hydrogens is 442 g/mol. The predicted octanol–water partition coefficient (Wildman–Crippen LogP) is 3.41. The first-order chi connectivity index (χ1) is 16.5. The number of benzene rings is 2. The largest absolute Gasteiger partial charge is 0.268 e. The maximum Gasteiger partial charge on any atom is 0.264 e. The maximum atomic E-state index is 13.8. The van der Waals surface area contributed by atoms with Crippen LogP contribution < -0.4 is 11.1 Å². The SMILES string of the molecule is O=c1c2cc3cc4c(=O)n5c6cc(F)cnc6nc5c4cc3cc2c2nc3ncc(F)cc3n12. The maximum absolute atomic E-state index is 13.8. The van der Waals surface area contributed by atoms with E-state index in [9.17, 15) is 18.4 Å². The van der Waals surface area contributed by atoms with Crippen LogP contribution in [-0.4, -0.2) is 28.7 Å². The van der Waals surface area contributed by atoms with Crippen LogP contribution in [0, 0.1) is 11.6 Å². The second-order valence-corrected chi connectivity index (χ2v) is 8.29. The Morgan fingerprint density at radius 2 is 1.00 bits per heavy atom. The molecule has 34 heavy (non-hydrogen) atoms. The molecule has 2 aromatic carbocycles. The molecule has 0 radical (unpaired) electrons. The van der Waals surface area contributed by atoms with E-state index in [1.165, 1.54) is 20.9 Å². The van der Waals surface area contributed by atoms with E-state index in [1.54, 1.807) is 12.1 Å². The van der Waals surface area contributed by atoms with Crippen LogP contribution in [0.15, 0.2) is 58.4 Å². The monoisotopic (exact) mass is 450 g/mol. The van der Waals surface area contributed by atoms with Gasteiger partial charge in [-0.25, -0.2) is 28.7 Å². The molecule has 6 heterocycles. The summed E-state index contributed by atoms with van der Waals surface area (Å²) >= 11 is 0. The average molecular weight is 450 g/mol. The summed E-state index contributed by atoms with van der Waals surface area (Å²) in [6.07, 6.45) is 2.12. The van der Waals surface area contributed by atoms with Crippen molar-refractivity contribution in [3.8, 4) is 0 Å². The zero-order valence-corrected chi connectivity index (χ0v) is 16.9. The van der Waals surface area contributed by atoms with E-state index in [0.717, 1.165) is 17.8 Å². The van der Waals surface area contributed by atoms with E-state index < -0.39 is 11.6 Å². The van der Waals surface area contributed by atoms with Gasteiger partial charge in [0, 0.05) is 22.9 Å². The number of nitrogens with zero attached hydrogens (tertiary/aromatic N) is 6. The van der Waals surface area contributed by atoms with Gasteiger partial charge in [0.25, 0.3) is 11.1 Å². The zero-order chi connectivity index (χ0) is 22.9. The van der Waals surface area contributed by atoms with Gasteiger partial charge in [0.2, 0.25) is 0 Å². The summed E-state index contributed by atoms with van der Waals surface area (Å²) in [5.74, 6) is -1.12. The number of hydrogen-bond acceptors (Lipinski definition) is 6. The van der Waals surface area contributed by atoms with E-state index in [0.29, 0.717) is 49.3 Å². The van der Waals surface area contributed by atoms with Crippen LogP contribution in [0.3, 0.4) is 0 Å². The van der Waals surface area contributed by atoms with Crippen molar-refractivity contribution in [3.63, 3.8) is 0 Å². The molecule has 0 amide bonds. The summed E-state index contributed by atoms with van der Waals surface area (Å²) in [6, 6.07) is 9.51. The van der Waals surface area contributed by atoms with Crippen molar-refractivity contribution in [3.05, 3.63) is 81.1 Å². The molecule has 6 aromatic heterocycles. The summed E-state index contributed by atoms with van der Waals surface area (Å²) in [6.45, 7) is 0. The topological polar surface area (TPSA) is 94.5 Å². The molecule has 8 rings (SSSR count). The van der Waals surface area contributed by atoms with Crippen molar-refractivity contribution in [1.82, 2.24) is 28.7 Å². The number of aromatic nitrogens is 6. The number of imidazole rings is 2. The number of fused-ring (bicyclic) bond motifs is 11. The highest BCUT2D eigenvalue weighted by molar-refractivity contribution is 6.12. The van der Waals surface area contributed by atoms with Crippen LogP contribution in [-0.2, 0) is 0 Å². The highest BCUT2D eigenvalue weighted by Crippen LogP contribution is 2.31. The lowest BCUT2D eigenvalue weighted by Crippen LogP contribution is -2.06. The lowest BCUT2D eigenvalue weighted by Gasteiger charge is -1.99. The van der Waals surface area contributed by atoms with Gasteiger partial charge in [-0.05, 0) is 35.0 Å². The lowest BCUT2D eigenvalue weighted by atomic mass is 10.0. The standard InChI is InChI=1S/C24H8F2N6O2/c25-11-5-17-19(27-7-11)29-21-13-1-9-2-14-16(4-10(9)3-15(13)23(33)31(17)21)24(34)32-18-6-12(26)8-28-20(18)30-22(14)32/h1-8H. The normalized spacial score (nSPS) is 12.6. The molecular formula is C24H8F2N6O2. The van der Waals surface area contributed by atoms with Crippen molar-refractivity contribution < 1.29 is 8.78 Å². The Labute approximate surface area is 185 Å². The fourth-order valence-electron chi connectivity index (χ4n) is 4.96. The Bertz CT molecular complexity index is 2150. The molecule has 0 saturated heterocycles. The second kappa shape index (κ2) is 5.54. The third kappa shape index (κ3) is 1.97. The summed E-state index contributed by atoms with van der Waals surface area (Å²) < 4.78 is 30.3. The van der Waals surface area contributed by atoms with Crippen molar-refractivity contribution in [2.24, 2.45) is 0 Å². The lowest BCUT2D eigenvalue weighted by molar-refractivity contribution is 0.623. The molecule has 8 nitrogen and oxygen atoms in total. The van der Waals surface area contributed by atoms with E-state index in [2.05, 4.69) is 19.9 Å². The van der Waals surface area contributed by atoms with Crippen LogP contribution in [0.1, 0.15) is 0 Å². The van der Waals surface area contributed by atoms with Crippen molar-refractivity contribution in [1.29, 1.82) is 0 Å². The minimum absolute atomic E-state index is 0.281. The Morgan fingerprint density at radius 1 is 0.588 bits per heavy atom. The molecule has 8 aromatic rings. The average Bonchev–Trinajstić information content (AvgIpc) is 3.52. The first kappa shape index (κ1) is 17.7. The molecule has 0 aliphatic rings. The number of pyridine rings is 2. The van der Waals surface area contributed by atoms with Crippen LogP contribution >= 0.6 is 0 Å². The van der Waals surface area contributed by atoms with Gasteiger partial charge >= 0.3 is 0 Å². The zero-order valence-electron chi connectivity index (χ0n) is 16.9. The van der Waals surface area contributed by atoms with Gasteiger partial charge in [0.15, 0.2) is 22.6 Å². The number of rotatable bonds is 0. The van der Waals surface area contributed by atoms with Gasteiger partial charge in [-0.3, -0.25) is 18.4 Å². The molecule has 0 fully saturated rings. The van der Waals surface area contributed by atoms with Gasteiger partial charge in [-0.2, -0.15) is 0 Å². The van der Waals surface area contributed by atoms with Gasteiger partial charge in [-0.1, -0.05) is 0 Å². The Kier molecular flexibility index (Phi) is 2.88. The van der Waals surface area contributed by atoms with Crippen molar-refractivity contribution in [2.45, 2.75) is 0 Å². The minimum atomic E-state index is -0.559. The van der Waals surface area contributed by atoms with Gasteiger partial charge in [0.1, 0.15) is 11.6 Å². The van der Waals surface area contributed by atoms with E-state index >= 15 is 0 Å². The first-order valence-corrected chi connectivity index (χ1v) is 10.3. The van der Waals surface area contributed by atoms with Gasteiger partial charge in [-0.15, -0.1) is 0 Å². The predicted molar refractivity (Wildman–Crippen MR) is 122 cm³/mol. The molecule has 10 heteroatoms. The summed E-state index contributed by atoms with van der Waals surface area (Å²) in [5, 5.41) is 3.44. The molecule has 0 N–H and O–H groups in total. The van der Waals surface area contributed by atoms with Crippen LogP contribution in [0.25, 0.3) is 65.9 Å². The Balaban J connectivity index is 1.53. The molecule has 0 atom stereocenters.